The van der Waals surface area contributed by atoms with E-state index < -0.39 is 34.2 Å². The first kappa shape index (κ1) is 25.6. The van der Waals surface area contributed by atoms with E-state index in [9.17, 15) is 22.4 Å². The number of hydrogen-bond donors (Lipinski definition) is 2. The van der Waals surface area contributed by atoms with Gasteiger partial charge in [-0.05, 0) is 56.2 Å². The summed E-state index contributed by atoms with van der Waals surface area (Å²) in [5.41, 5.74) is 0.336. The summed E-state index contributed by atoms with van der Waals surface area (Å²) in [5, 5.41) is 2.76. The quantitative estimate of drug-likeness (QED) is 0.494. The van der Waals surface area contributed by atoms with Crippen LogP contribution in [0.4, 0.5) is 10.1 Å². The third-order valence-electron chi connectivity index (χ3n) is 5.15. The second-order valence-corrected chi connectivity index (χ2v) is 9.37. The van der Waals surface area contributed by atoms with Crippen LogP contribution in [0.1, 0.15) is 19.8 Å². The number of sulfonamides is 1. The molecule has 34 heavy (non-hydrogen) atoms. The van der Waals surface area contributed by atoms with Crippen LogP contribution in [0.5, 0.6) is 5.75 Å². The lowest BCUT2D eigenvalue weighted by Gasteiger charge is -2.25. The maximum atomic E-state index is 13.1. The number of benzene rings is 2. The molecule has 1 fully saturated rings. The van der Waals surface area contributed by atoms with Gasteiger partial charge in [0.25, 0.3) is 0 Å². The van der Waals surface area contributed by atoms with E-state index in [1.807, 2.05) is 0 Å². The van der Waals surface area contributed by atoms with E-state index in [0.29, 0.717) is 31.2 Å². The van der Waals surface area contributed by atoms with E-state index in [1.165, 1.54) is 4.90 Å². The number of anilines is 1. The van der Waals surface area contributed by atoms with Gasteiger partial charge in [-0.25, -0.2) is 17.5 Å². The lowest BCUT2D eigenvalue weighted by atomic mass is 10.2. The van der Waals surface area contributed by atoms with Gasteiger partial charge in [-0.1, -0.05) is 12.1 Å². The van der Waals surface area contributed by atoms with Gasteiger partial charge in [0.2, 0.25) is 21.8 Å². The van der Waals surface area contributed by atoms with Crippen molar-refractivity contribution < 1.29 is 31.9 Å². The molecule has 2 N–H and O–H groups in total. The van der Waals surface area contributed by atoms with E-state index in [1.54, 1.807) is 31.2 Å². The molecule has 1 unspecified atom stereocenters. The number of para-hydroxylation sites is 2. The molecular weight excluding hydrogens is 465 g/mol. The average Bonchev–Trinajstić information content (AvgIpc) is 3.35. The van der Waals surface area contributed by atoms with Crippen molar-refractivity contribution in [2.45, 2.75) is 30.8 Å². The Hall–Kier alpha value is -3.02. The number of hydrogen-bond acceptors (Lipinski definition) is 6. The number of halogens is 1. The molecule has 2 aromatic rings. The molecule has 184 valence electrons. The summed E-state index contributed by atoms with van der Waals surface area (Å²) in [6, 6.07) is 10.9. The number of nitrogens with zero attached hydrogens (tertiary/aromatic N) is 1. The van der Waals surface area contributed by atoms with E-state index in [4.69, 9.17) is 9.47 Å². The minimum atomic E-state index is -4.07. The van der Waals surface area contributed by atoms with Crippen molar-refractivity contribution in [3.05, 3.63) is 54.3 Å². The molecule has 2 amide bonds. The van der Waals surface area contributed by atoms with Crippen LogP contribution in [-0.4, -0.2) is 59.2 Å². The van der Waals surface area contributed by atoms with Gasteiger partial charge < -0.3 is 14.8 Å². The third kappa shape index (κ3) is 6.99. The Bertz CT molecular complexity index is 1090. The van der Waals surface area contributed by atoms with Crippen molar-refractivity contribution in [3.8, 4) is 5.75 Å². The highest BCUT2D eigenvalue weighted by Gasteiger charge is 2.25. The minimum Gasteiger partial charge on any atom is -0.492 e. The van der Waals surface area contributed by atoms with Crippen molar-refractivity contribution in [1.29, 1.82) is 0 Å². The summed E-state index contributed by atoms with van der Waals surface area (Å²) in [5.74, 6) is -1.28. The zero-order valence-corrected chi connectivity index (χ0v) is 19.6. The fourth-order valence-corrected chi connectivity index (χ4v) is 4.42. The number of nitrogens with one attached hydrogen (secondary N) is 2. The van der Waals surface area contributed by atoms with Crippen LogP contribution in [0.25, 0.3) is 0 Å². The summed E-state index contributed by atoms with van der Waals surface area (Å²) in [4.78, 5) is 26.7. The summed E-state index contributed by atoms with van der Waals surface area (Å²) in [7, 11) is -4.07. The van der Waals surface area contributed by atoms with E-state index in [-0.39, 0.29) is 17.5 Å². The first-order chi connectivity index (χ1) is 16.3. The number of ether oxygens (including phenoxy) is 2. The van der Waals surface area contributed by atoms with Gasteiger partial charge in [0.1, 0.15) is 18.1 Å². The SMILES string of the molecule is CCOc1ccccc1N(CC(=O)NCC1CCCO1)C(=O)CNS(=O)(=O)c1ccc(F)cc1. The molecule has 11 heteroatoms. The molecule has 0 radical (unpaired) electrons. The highest BCUT2D eigenvalue weighted by atomic mass is 32.2. The van der Waals surface area contributed by atoms with Crippen LogP contribution < -0.4 is 19.7 Å². The summed E-state index contributed by atoms with van der Waals surface area (Å²) in [6.45, 7) is 2.15. The fourth-order valence-electron chi connectivity index (χ4n) is 3.45. The minimum absolute atomic E-state index is 0.0636. The first-order valence-electron chi connectivity index (χ1n) is 11.0. The molecule has 1 saturated heterocycles. The molecule has 1 heterocycles. The van der Waals surface area contributed by atoms with E-state index in [2.05, 4.69) is 10.0 Å². The normalized spacial score (nSPS) is 15.6. The molecule has 0 bridgehead atoms. The lowest BCUT2D eigenvalue weighted by Crippen LogP contribution is -2.46. The second-order valence-electron chi connectivity index (χ2n) is 7.60. The molecule has 3 rings (SSSR count). The molecule has 9 nitrogen and oxygen atoms in total. The summed E-state index contributed by atoms with van der Waals surface area (Å²) >= 11 is 0. The fraction of sp³-hybridized carbons (Fsp3) is 0.391. The molecule has 0 saturated carbocycles. The number of amides is 2. The average molecular weight is 494 g/mol. The predicted octanol–water partition coefficient (Wildman–Crippen LogP) is 1.83. The zero-order chi connectivity index (χ0) is 24.6. The Morgan fingerprint density at radius 3 is 2.59 bits per heavy atom. The second kappa shape index (κ2) is 11.9. The Morgan fingerprint density at radius 2 is 1.91 bits per heavy atom. The van der Waals surface area contributed by atoms with Gasteiger partial charge in [0, 0.05) is 13.2 Å². The smallest absolute Gasteiger partial charge is 0.242 e. The Kier molecular flexibility index (Phi) is 8.97. The molecular formula is C23H28FN3O6S. The van der Waals surface area contributed by atoms with Crippen molar-refractivity contribution in [2.24, 2.45) is 0 Å². The van der Waals surface area contributed by atoms with Crippen molar-refractivity contribution in [3.63, 3.8) is 0 Å². The highest BCUT2D eigenvalue weighted by molar-refractivity contribution is 7.89. The molecule has 1 aliphatic rings. The standard InChI is InChI=1S/C23H28FN3O6S/c1-2-32-21-8-4-3-7-20(21)27(16-22(28)25-14-18-6-5-13-33-18)23(29)15-26-34(30,31)19-11-9-17(24)10-12-19/h3-4,7-12,18,26H,2,5-6,13-16H2,1H3,(H,25,28). The zero-order valence-electron chi connectivity index (χ0n) is 18.8. The van der Waals surface area contributed by atoms with Crippen LogP contribution in [0.15, 0.2) is 53.4 Å². The number of carbonyl (C=O) groups is 2. The maximum Gasteiger partial charge on any atom is 0.242 e. The molecule has 2 aromatic carbocycles. The van der Waals surface area contributed by atoms with Crippen LogP contribution in [0, 0.1) is 5.82 Å². The van der Waals surface area contributed by atoms with Gasteiger partial charge in [-0.2, -0.15) is 0 Å². The van der Waals surface area contributed by atoms with Gasteiger partial charge in [0.15, 0.2) is 0 Å². The Morgan fingerprint density at radius 1 is 1.18 bits per heavy atom. The topological polar surface area (TPSA) is 114 Å². The first-order valence-corrected chi connectivity index (χ1v) is 12.4. The van der Waals surface area contributed by atoms with E-state index in [0.717, 1.165) is 37.1 Å². The molecule has 0 aromatic heterocycles. The van der Waals surface area contributed by atoms with Crippen molar-refractivity contribution in [2.75, 3.05) is 37.7 Å². The molecule has 0 aliphatic carbocycles. The highest BCUT2D eigenvalue weighted by Crippen LogP contribution is 2.28. The van der Waals surface area contributed by atoms with E-state index >= 15 is 0 Å². The lowest BCUT2D eigenvalue weighted by molar-refractivity contribution is -0.123. The Labute approximate surface area is 198 Å². The largest absolute Gasteiger partial charge is 0.492 e. The summed E-state index contributed by atoms with van der Waals surface area (Å²) in [6.07, 6.45) is 1.72. The number of rotatable bonds is 11. The van der Waals surface area contributed by atoms with Crippen LogP contribution in [0.2, 0.25) is 0 Å². The van der Waals surface area contributed by atoms with Gasteiger partial charge in [-0.15, -0.1) is 0 Å². The van der Waals surface area contributed by atoms with Gasteiger partial charge in [0.05, 0.1) is 29.8 Å². The molecule has 0 spiro atoms. The Balaban J connectivity index is 1.74. The predicted molar refractivity (Wildman–Crippen MR) is 124 cm³/mol. The summed E-state index contributed by atoms with van der Waals surface area (Å²) < 4.78 is 51.5. The number of carbonyl (C=O) groups excluding carboxylic acids is 2. The maximum absolute atomic E-state index is 13.1. The third-order valence-corrected chi connectivity index (χ3v) is 6.56. The molecule has 1 atom stereocenters. The van der Waals surface area contributed by atoms with Crippen molar-refractivity contribution >= 4 is 27.5 Å². The van der Waals surface area contributed by atoms with Crippen LogP contribution >= 0.6 is 0 Å². The van der Waals surface area contributed by atoms with Gasteiger partial charge >= 0.3 is 0 Å². The van der Waals surface area contributed by atoms with Crippen LogP contribution in [-0.2, 0) is 24.3 Å². The molecule has 1 aliphatic heterocycles. The van der Waals surface area contributed by atoms with Gasteiger partial charge in [-0.3, -0.25) is 14.5 Å². The van der Waals surface area contributed by atoms with Crippen LogP contribution in [0.3, 0.4) is 0 Å². The van der Waals surface area contributed by atoms with Crippen molar-refractivity contribution in [1.82, 2.24) is 10.0 Å². The monoisotopic (exact) mass is 493 g/mol.